The number of nitrogens with one attached hydrogen (secondary N) is 3. The molecule has 0 atom stereocenters. The second kappa shape index (κ2) is 8.83. The highest BCUT2D eigenvalue weighted by atomic mass is 32.1. The van der Waals surface area contributed by atoms with E-state index in [4.69, 9.17) is 16.6 Å². The van der Waals surface area contributed by atoms with Gasteiger partial charge in [0, 0.05) is 5.69 Å². The van der Waals surface area contributed by atoms with Crippen LogP contribution in [0, 0.1) is 6.92 Å². The fourth-order valence-electron chi connectivity index (χ4n) is 2.84. The van der Waals surface area contributed by atoms with Crippen molar-refractivity contribution in [3.05, 3.63) is 69.8 Å². The first kappa shape index (κ1) is 20.5. The molecule has 3 rings (SSSR count). The first-order valence-corrected chi connectivity index (χ1v) is 9.62. The Bertz CT molecular complexity index is 1080. The van der Waals surface area contributed by atoms with Gasteiger partial charge in [0.15, 0.2) is 16.7 Å². The molecule has 0 aliphatic heterocycles. The van der Waals surface area contributed by atoms with E-state index in [0.29, 0.717) is 39.6 Å². The molecule has 0 aliphatic carbocycles. The predicted octanol–water partition coefficient (Wildman–Crippen LogP) is 4.17. The molecule has 0 spiro atoms. The van der Waals surface area contributed by atoms with Crippen LogP contribution in [0.5, 0.6) is 0 Å². The van der Waals surface area contributed by atoms with Crippen molar-refractivity contribution in [1.82, 2.24) is 15.4 Å². The van der Waals surface area contributed by atoms with E-state index in [1.165, 1.54) is 11.8 Å². The van der Waals surface area contributed by atoms with E-state index in [0.717, 1.165) is 5.69 Å². The summed E-state index contributed by atoms with van der Waals surface area (Å²) in [6.07, 6.45) is 1.53. The lowest BCUT2D eigenvalue weighted by molar-refractivity contribution is 0.576. The van der Waals surface area contributed by atoms with Gasteiger partial charge < -0.3 is 14.7 Å². The van der Waals surface area contributed by atoms with E-state index in [9.17, 15) is 4.79 Å². The molecule has 0 radical (unpaired) electrons. The number of benzene rings is 1. The van der Waals surface area contributed by atoms with E-state index >= 15 is 0 Å². The lowest BCUT2D eigenvalue weighted by Crippen LogP contribution is -2.27. The predicted molar refractivity (Wildman–Crippen MR) is 119 cm³/mol. The molecule has 0 saturated carbocycles. The molecule has 2 aromatic heterocycles. The van der Waals surface area contributed by atoms with Crippen LogP contribution in [-0.4, -0.2) is 20.8 Å². The van der Waals surface area contributed by atoms with E-state index in [1.54, 1.807) is 26.0 Å². The van der Waals surface area contributed by atoms with Crippen molar-refractivity contribution in [2.24, 2.45) is 5.10 Å². The Kier molecular flexibility index (Phi) is 6.23. The zero-order valence-electron chi connectivity index (χ0n) is 16.7. The van der Waals surface area contributed by atoms with Gasteiger partial charge in [0.2, 0.25) is 0 Å². The summed E-state index contributed by atoms with van der Waals surface area (Å²) in [6, 6.07) is 11.5. The Morgan fingerprint density at radius 2 is 1.97 bits per heavy atom. The van der Waals surface area contributed by atoms with Crippen LogP contribution in [0.1, 0.15) is 43.5 Å². The summed E-state index contributed by atoms with van der Waals surface area (Å²) in [5.41, 5.74) is 6.00. The minimum absolute atomic E-state index is 0.296. The number of H-pyrrole nitrogens is 1. The molecule has 0 aliphatic rings. The summed E-state index contributed by atoms with van der Waals surface area (Å²) in [7, 11) is 0. The smallest absolute Gasteiger partial charge is 0.260 e. The molecule has 3 N–H and O–H groups in total. The van der Waals surface area contributed by atoms with E-state index in [1.807, 2.05) is 12.1 Å². The molecule has 8 heteroatoms. The average Bonchev–Trinajstić information content (AvgIpc) is 3.21. The molecular formula is C21H23N5O2S. The zero-order chi connectivity index (χ0) is 21.0. The van der Waals surface area contributed by atoms with Crippen LogP contribution in [-0.2, 0) is 0 Å². The Labute approximate surface area is 174 Å². The molecule has 150 valence electrons. The fraction of sp³-hybridized carbons (Fsp3) is 0.238. The highest BCUT2D eigenvalue weighted by Gasteiger charge is 2.13. The molecule has 7 nitrogen and oxygen atoms in total. The number of aryl methyl sites for hydroxylation is 1. The van der Waals surface area contributed by atoms with Crippen LogP contribution >= 0.6 is 12.2 Å². The summed E-state index contributed by atoms with van der Waals surface area (Å²) in [5.74, 6) is 1.35. The number of hydrazone groups is 1. The maximum absolute atomic E-state index is 12.5. The van der Waals surface area contributed by atoms with Crippen LogP contribution in [0.2, 0.25) is 0 Å². The minimum Gasteiger partial charge on any atom is -0.461 e. The third-order valence-corrected chi connectivity index (χ3v) is 4.57. The van der Waals surface area contributed by atoms with E-state index < -0.39 is 0 Å². The van der Waals surface area contributed by atoms with Gasteiger partial charge in [-0.15, -0.1) is 0 Å². The second-order valence-electron chi connectivity index (χ2n) is 6.89. The minimum atomic E-state index is -0.296. The molecule has 0 bridgehead atoms. The molecule has 2 heterocycles. The summed E-state index contributed by atoms with van der Waals surface area (Å²) in [4.78, 5) is 19.7. The van der Waals surface area contributed by atoms with Gasteiger partial charge >= 0.3 is 0 Å². The quantitative estimate of drug-likeness (QED) is 0.333. The SMILES string of the molecule is C/C(=N\NC(=S)Nc1ccc(C(C)C)cc1)c1c(C)nc(-c2ccco2)[nH]c1=O. The molecular weight excluding hydrogens is 386 g/mol. The lowest BCUT2D eigenvalue weighted by Gasteiger charge is -2.10. The van der Waals surface area contributed by atoms with Gasteiger partial charge in [-0.3, -0.25) is 10.2 Å². The Hall–Kier alpha value is -3.26. The largest absolute Gasteiger partial charge is 0.461 e. The highest BCUT2D eigenvalue weighted by Crippen LogP contribution is 2.17. The summed E-state index contributed by atoms with van der Waals surface area (Å²) in [6.45, 7) is 7.76. The number of aromatic amines is 1. The first-order chi connectivity index (χ1) is 13.8. The zero-order valence-corrected chi connectivity index (χ0v) is 17.6. The third kappa shape index (κ3) is 4.97. The fourth-order valence-corrected chi connectivity index (χ4v) is 3.01. The van der Waals surface area contributed by atoms with Crippen LogP contribution in [0.4, 0.5) is 5.69 Å². The van der Waals surface area contributed by atoms with Gasteiger partial charge in [-0.05, 0) is 61.8 Å². The number of aromatic nitrogens is 2. The molecule has 0 fully saturated rings. The molecule has 0 unspecified atom stereocenters. The lowest BCUT2D eigenvalue weighted by atomic mass is 10.0. The standard InChI is InChI=1S/C21H23N5O2S/c1-12(2)15-7-9-16(10-8-15)23-21(29)26-25-14(4)18-13(3)22-19(24-20(18)27)17-6-5-11-28-17/h5-12H,1-4H3,(H,22,24,27)(H2,23,26,29)/b25-14+. The summed E-state index contributed by atoms with van der Waals surface area (Å²) in [5, 5.41) is 7.63. The number of anilines is 1. The van der Waals surface area contributed by atoms with Crippen LogP contribution < -0.4 is 16.3 Å². The molecule has 29 heavy (non-hydrogen) atoms. The summed E-state index contributed by atoms with van der Waals surface area (Å²) < 4.78 is 5.29. The van der Waals surface area contributed by atoms with Crippen molar-refractivity contribution in [2.45, 2.75) is 33.6 Å². The summed E-state index contributed by atoms with van der Waals surface area (Å²) >= 11 is 5.29. The van der Waals surface area contributed by atoms with Crippen molar-refractivity contribution in [2.75, 3.05) is 5.32 Å². The third-order valence-electron chi connectivity index (χ3n) is 4.38. The monoisotopic (exact) mass is 409 g/mol. The van der Waals surface area contributed by atoms with Crippen molar-refractivity contribution in [3.8, 4) is 11.6 Å². The van der Waals surface area contributed by atoms with Gasteiger partial charge in [0.05, 0.1) is 23.2 Å². The number of hydrogen-bond acceptors (Lipinski definition) is 5. The van der Waals surface area contributed by atoms with Gasteiger partial charge in [0.1, 0.15) is 0 Å². The van der Waals surface area contributed by atoms with Gasteiger partial charge in [-0.1, -0.05) is 26.0 Å². The number of thiocarbonyl (C=S) groups is 1. The molecule has 3 aromatic rings. The Balaban J connectivity index is 1.70. The Morgan fingerprint density at radius 1 is 1.24 bits per heavy atom. The number of hydrogen-bond donors (Lipinski definition) is 3. The van der Waals surface area contributed by atoms with Crippen molar-refractivity contribution >= 4 is 28.7 Å². The maximum Gasteiger partial charge on any atom is 0.260 e. The topological polar surface area (TPSA) is 95.3 Å². The average molecular weight is 410 g/mol. The maximum atomic E-state index is 12.5. The number of furan rings is 1. The molecule has 0 saturated heterocycles. The number of nitrogens with zero attached hydrogens (tertiary/aromatic N) is 2. The van der Waals surface area contributed by atoms with Gasteiger partial charge in [-0.2, -0.15) is 5.10 Å². The van der Waals surface area contributed by atoms with Gasteiger partial charge in [0.25, 0.3) is 5.56 Å². The van der Waals surface area contributed by atoms with E-state index in [2.05, 4.69) is 51.8 Å². The van der Waals surface area contributed by atoms with E-state index in [-0.39, 0.29) is 5.56 Å². The van der Waals surface area contributed by atoms with Crippen LogP contribution in [0.25, 0.3) is 11.6 Å². The normalized spacial score (nSPS) is 11.6. The van der Waals surface area contributed by atoms with Crippen molar-refractivity contribution in [1.29, 1.82) is 0 Å². The van der Waals surface area contributed by atoms with Crippen LogP contribution in [0.3, 0.4) is 0 Å². The van der Waals surface area contributed by atoms with Crippen molar-refractivity contribution in [3.63, 3.8) is 0 Å². The number of rotatable bonds is 5. The molecule has 0 amide bonds. The first-order valence-electron chi connectivity index (χ1n) is 9.21. The molecule has 1 aromatic carbocycles. The Morgan fingerprint density at radius 3 is 2.55 bits per heavy atom. The highest BCUT2D eigenvalue weighted by molar-refractivity contribution is 7.80. The van der Waals surface area contributed by atoms with Crippen LogP contribution in [0.15, 0.2) is 57.0 Å². The second-order valence-corrected chi connectivity index (χ2v) is 7.30. The van der Waals surface area contributed by atoms with Crippen molar-refractivity contribution < 1.29 is 4.42 Å². The van der Waals surface area contributed by atoms with Gasteiger partial charge in [-0.25, -0.2) is 4.98 Å².